The van der Waals surface area contributed by atoms with Crippen molar-refractivity contribution in [2.45, 2.75) is 12.8 Å². The van der Waals surface area contributed by atoms with Crippen molar-refractivity contribution in [3.8, 4) is 0 Å². The van der Waals surface area contributed by atoms with E-state index in [9.17, 15) is 14.4 Å². The average molecular weight is 254 g/mol. The van der Waals surface area contributed by atoms with E-state index in [1.165, 1.54) is 0 Å². The number of rotatable bonds is 8. The van der Waals surface area contributed by atoms with Crippen LogP contribution in [-0.4, -0.2) is 33.2 Å². The van der Waals surface area contributed by atoms with Gasteiger partial charge in [-0.25, -0.2) is 14.4 Å². The van der Waals surface area contributed by atoms with Crippen LogP contribution in [0.4, 0.5) is 0 Å². The van der Waals surface area contributed by atoms with Crippen LogP contribution in [0.1, 0.15) is 12.8 Å². The van der Waals surface area contributed by atoms with Crippen molar-refractivity contribution < 1.29 is 29.7 Å². The van der Waals surface area contributed by atoms with Gasteiger partial charge in [-0.2, -0.15) is 0 Å². The second-order valence-electron chi connectivity index (χ2n) is 3.75. The lowest BCUT2D eigenvalue weighted by atomic mass is 9.87. The molecule has 0 aliphatic carbocycles. The van der Waals surface area contributed by atoms with Crippen molar-refractivity contribution in [2.24, 2.45) is 5.92 Å². The predicted molar refractivity (Wildman–Crippen MR) is 63.1 cm³/mol. The molecular weight excluding hydrogens is 240 g/mol. The summed E-state index contributed by atoms with van der Waals surface area (Å²) < 4.78 is 0. The smallest absolute Gasteiger partial charge is 0.331 e. The normalized spacial score (nSPS) is 9.83. The first-order valence-corrected chi connectivity index (χ1v) is 4.91. The number of hydrogen-bond acceptors (Lipinski definition) is 3. The van der Waals surface area contributed by atoms with Gasteiger partial charge in [0.1, 0.15) is 0 Å². The zero-order valence-corrected chi connectivity index (χ0v) is 9.68. The molecule has 0 fully saturated rings. The van der Waals surface area contributed by atoms with Gasteiger partial charge in [0.15, 0.2) is 0 Å². The van der Waals surface area contributed by atoms with E-state index >= 15 is 0 Å². The predicted octanol–water partition coefficient (Wildman–Crippen LogP) is 1.31. The van der Waals surface area contributed by atoms with Gasteiger partial charge in [-0.3, -0.25) is 0 Å². The van der Waals surface area contributed by atoms with Gasteiger partial charge in [-0.15, -0.1) is 0 Å². The van der Waals surface area contributed by atoms with E-state index in [1.807, 2.05) is 0 Å². The van der Waals surface area contributed by atoms with Crippen LogP contribution < -0.4 is 0 Å². The molecule has 0 aromatic heterocycles. The van der Waals surface area contributed by atoms with Crippen molar-refractivity contribution in [1.82, 2.24) is 0 Å². The summed E-state index contributed by atoms with van der Waals surface area (Å²) in [4.78, 5) is 32.1. The van der Waals surface area contributed by atoms with E-state index in [2.05, 4.69) is 19.7 Å². The minimum atomic E-state index is -1.31. The highest BCUT2D eigenvalue weighted by atomic mass is 16.4. The number of carboxylic acid groups (broad SMARTS) is 3. The summed E-state index contributed by atoms with van der Waals surface area (Å²) >= 11 is 0. The van der Waals surface area contributed by atoms with Crippen LogP contribution in [0.3, 0.4) is 0 Å². The Morgan fingerprint density at radius 2 is 1.11 bits per heavy atom. The highest BCUT2D eigenvalue weighted by Crippen LogP contribution is 2.25. The summed E-state index contributed by atoms with van der Waals surface area (Å²) in [5.74, 6) is -4.69. The molecule has 0 radical (unpaired) electrons. The van der Waals surface area contributed by atoms with Gasteiger partial charge in [0, 0.05) is 16.7 Å². The molecule has 0 bridgehead atoms. The Kier molecular flexibility index (Phi) is 5.55. The third kappa shape index (κ3) is 4.65. The van der Waals surface area contributed by atoms with Crippen LogP contribution in [0.2, 0.25) is 0 Å². The molecule has 0 heterocycles. The number of aliphatic carboxylic acids is 3. The van der Waals surface area contributed by atoms with Crippen LogP contribution in [0.15, 0.2) is 36.5 Å². The molecule has 0 atom stereocenters. The minimum Gasteiger partial charge on any atom is -0.478 e. The Morgan fingerprint density at radius 1 is 0.778 bits per heavy atom. The molecule has 0 saturated carbocycles. The largest absolute Gasteiger partial charge is 0.478 e. The van der Waals surface area contributed by atoms with Gasteiger partial charge >= 0.3 is 17.9 Å². The summed E-state index contributed by atoms with van der Waals surface area (Å²) in [6.07, 6.45) is -0.375. The summed E-state index contributed by atoms with van der Waals surface area (Å²) in [5.41, 5.74) is -0.680. The Morgan fingerprint density at radius 3 is 1.33 bits per heavy atom. The standard InChI is InChI=1S/C12H14O6/c1-6(10(13)14)4-9(8(3)12(17)18)5-7(2)11(15)16/h9H,1-5H2,(H,13,14)(H,15,16)(H,17,18). The average Bonchev–Trinajstić information content (AvgIpc) is 2.26. The summed E-state index contributed by atoms with van der Waals surface area (Å²) in [5, 5.41) is 26.2. The summed E-state index contributed by atoms with van der Waals surface area (Å²) in [6, 6.07) is 0. The first-order valence-electron chi connectivity index (χ1n) is 4.91. The molecule has 0 rings (SSSR count). The SMILES string of the molecule is C=C(CC(CC(=C)C(=O)O)C(=C)C(=O)O)C(=O)O. The van der Waals surface area contributed by atoms with E-state index in [1.54, 1.807) is 0 Å². The fourth-order valence-electron chi connectivity index (χ4n) is 1.26. The molecule has 0 aliphatic rings. The van der Waals surface area contributed by atoms with E-state index in [0.717, 1.165) is 0 Å². The molecule has 3 N–H and O–H groups in total. The van der Waals surface area contributed by atoms with Gasteiger partial charge in [0.25, 0.3) is 0 Å². The lowest BCUT2D eigenvalue weighted by Gasteiger charge is -2.16. The Hall–Kier alpha value is -2.37. The van der Waals surface area contributed by atoms with Gasteiger partial charge in [0.05, 0.1) is 0 Å². The maximum Gasteiger partial charge on any atom is 0.331 e. The molecule has 18 heavy (non-hydrogen) atoms. The molecule has 0 unspecified atom stereocenters. The van der Waals surface area contributed by atoms with Gasteiger partial charge in [-0.05, 0) is 18.8 Å². The fourth-order valence-corrected chi connectivity index (χ4v) is 1.26. The number of hydrogen-bond donors (Lipinski definition) is 3. The second kappa shape index (κ2) is 6.39. The summed E-state index contributed by atoms with van der Waals surface area (Å²) in [6.45, 7) is 9.87. The maximum absolute atomic E-state index is 10.8. The highest BCUT2D eigenvalue weighted by molar-refractivity contribution is 5.90. The van der Waals surface area contributed by atoms with Crippen molar-refractivity contribution >= 4 is 17.9 Å². The third-order valence-electron chi connectivity index (χ3n) is 2.36. The second-order valence-corrected chi connectivity index (χ2v) is 3.75. The molecule has 0 aromatic carbocycles. The maximum atomic E-state index is 10.8. The molecule has 0 amide bonds. The first-order chi connectivity index (χ1) is 8.16. The van der Waals surface area contributed by atoms with Crippen LogP contribution in [0.5, 0.6) is 0 Å². The van der Waals surface area contributed by atoms with Crippen molar-refractivity contribution in [1.29, 1.82) is 0 Å². The number of carbonyl (C=O) groups is 3. The van der Waals surface area contributed by atoms with E-state index < -0.39 is 23.8 Å². The third-order valence-corrected chi connectivity index (χ3v) is 2.36. The molecule has 6 heteroatoms. The minimum absolute atomic E-state index is 0.188. The van der Waals surface area contributed by atoms with Crippen LogP contribution in [0, 0.1) is 5.92 Å². The summed E-state index contributed by atoms with van der Waals surface area (Å²) in [7, 11) is 0. The Labute approximate surface area is 104 Å². The van der Waals surface area contributed by atoms with Crippen molar-refractivity contribution in [3.05, 3.63) is 36.5 Å². The van der Waals surface area contributed by atoms with Crippen LogP contribution in [0.25, 0.3) is 0 Å². The number of carboxylic acids is 3. The van der Waals surface area contributed by atoms with Crippen LogP contribution >= 0.6 is 0 Å². The first kappa shape index (κ1) is 15.6. The van der Waals surface area contributed by atoms with Crippen molar-refractivity contribution in [3.63, 3.8) is 0 Å². The van der Waals surface area contributed by atoms with E-state index in [4.69, 9.17) is 15.3 Å². The lowest BCUT2D eigenvalue weighted by molar-refractivity contribution is -0.135. The van der Waals surface area contributed by atoms with Crippen molar-refractivity contribution in [2.75, 3.05) is 0 Å². The van der Waals surface area contributed by atoms with E-state index in [-0.39, 0.29) is 29.6 Å². The molecule has 6 nitrogen and oxygen atoms in total. The lowest BCUT2D eigenvalue weighted by Crippen LogP contribution is -2.17. The molecule has 0 aliphatic heterocycles. The quantitative estimate of drug-likeness (QED) is 0.563. The molecular formula is C12H14O6. The fraction of sp³-hybridized carbons (Fsp3) is 0.250. The monoisotopic (exact) mass is 254 g/mol. The van der Waals surface area contributed by atoms with E-state index in [0.29, 0.717) is 0 Å². The molecule has 0 saturated heterocycles. The molecule has 98 valence electrons. The Bertz CT molecular complexity index is 404. The van der Waals surface area contributed by atoms with Gasteiger partial charge in [0.2, 0.25) is 0 Å². The Balaban J connectivity index is 4.95. The van der Waals surface area contributed by atoms with Gasteiger partial charge < -0.3 is 15.3 Å². The zero-order valence-electron chi connectivity index (χ0n) is 9.68. The topological polar surface area (TPSA) is 112 Å². The zero-order chi connectivity index (χ0) is 14.5. The van der Waals surface area contributed by atoms with Gasteiger partial charge in [-0.1, -0.05) is 19.7 Å². The highest BCUT2D eigenvalue weighted by Gasteiger charge is 2.23. The molecule has 0 spiro atoms. The van der Waals surface area contributed by atoms with Crippen LogP contribution in [-0.2, 0) is 14.4 Å². The molecule has 0 aromatic rings.